The summed E-state index contributed by atoms with van der Waals surface area (Å²) in [7, 11) is 0.204. The SMILES string of the molecule is CCCC[B-](c1cc(C(F)(F)F)cc(C(F)(F)F)c1)(c1cc(C(F)(F)F)cc(C(F)(F)F)c1)c1cc(C(F)(F)F)cc(C(F)(F)F)c1.C[S+](C)CC(=O)c1ccccc1. The molecule has 1 nitrogen and oxygen atoms in total. The van der Waals surface area contributed by atoms with Gasteiger partial charge in [-0.3, -0.25) is 4.79 Å². The zero-order valence-electron chi connectivity index (χ0n) is 30.6. The maximum atomic E-state index is 13.9. The summed E-state index contributed by atoms with van der Waals surface area (Å²) in [6.07, 6.45) is -36.0. The fourth-order valence-corrected chi connectivity index (χ4v) is 7.04. The molecule has 0 aromatic heterocycles. The van der Waals surface area contributed by atoms with Crippen molar-refractivity contribution < 1.29 is 83.8 Å². The van der Waals surface area contributed by atoms with Crippen molar-refractivity contribution in [1.29, 1.82) is 0 Å². The zero-order valence-corrected chi connectivity index (χ0v) is 31.4. The molecule has 0 atom stereocenters. The first kappa shape index (κ1) is 49.1. The first-order chi connectivity index (χ1) is 26.7. The highest BCUT2D eigenvalue weighted by atomic mass is 32.2. The van der Waals surface area contributed by atoms with Crippen molar-refractivity contribution in [3.8, 4) is 0 Å². The minimum Gasteiger partial charge on any atom is -0.289 e. The van der Waals surface area contributed by atoms with Gasteiger partial charge in [0.2, 0.25) is 5.78 Å². The first-order valence-corrected chi connectivity index (χ1v) is 19.1. The van der Waals surface area contributed by atoms with Crippen molar-refractivity contribution in [3.05, 3.63) is 124 Å². The summed E-state index contributed by atoms with van der Waals surface area (Å²) in [5.41, 5.74) is -16.4. The largest absolute Gasteiger partial charge is 0.416 e. The predicted octanol–water partition coefficient (Wildman–Crippen LogP) is 11.8. The molecule has 0 N–H and O–H groups in total. The molecule has 4 aromatic rings. The molecule has 0 saturated heterocycles. The Labute approximate surface area is 328 Å². The highest BCUT2D eigenvalue weighted by Crippen LogP contribution is 2.40. The predicted molar refractivity (Wildman–Crippen MR) is 189 cm³/mol. The van der Waals surface area contributed by atoms with Crippen LogP contribution < -0.4 is 16.4 Å². The van der Waals surface area contributed by atoms with Crippen LogP contribution in [0.4, 0.5) is 79.0 Å². The molecular weight excluding hydrogens is 857 g/mol. The molecule has 0 amide bonds. The monoisotopic (exact) mass is 888 g/mol. The summed E-state index contributed by atoms with van der Waals surface area (Å²) >= 11 is 0. The molecule has 0 unspecified atom stereocenters. The van der Waals surface area contributed by atoms with Crippen LogP contribution in [0.25, 0.3) is 0 Å². The lowest BCUT2D eigenvalue weighted by Gasteiger charge is -2.45. The lowest BCUT2D eigenvalue weighted by molar-refractivity contribution is -0.144. The van der Waals surface area contributed by atoms with E-state index in [0.717, 1.165) is 5.56 Å². The minimum atomic E-state index is -5.68. The van der Waals surface area contributed by atoms with Crippen LogP contribution in [0.5, 0.6) is 0 Å². The molecule has 0 radical (unpaired) electrons. The summed E-state index contributed by atoms with van der Waals surface area (Å²) < 4.78 is 250. The number of hydrogen-bond donors (Lipinski definition) is 0. The second kappa shape index (κ2) is 17.7. The Kier molecular flexibility index (Phi) is 14.8. The fraction of sp³-hybridized carbons (Fsp3) is 0.342. The van der Waals surface area contributed by atoms with Gasteiger partial charge in [0, 0.05) is 5.56 Å². The number of Topliss-reactive ketones (excluding diaryl/α,β-unsaturated/α-hetero) is 1. The lowest BCUT2D eigenvalue weighted by atomic mass is 9.13. The number of unbranched alkanes of at least 4 members (excludes halogenated alkanes) is 1. The highest BCUT2D eigenvalue weighted by molar-refractivity contribution is 7.96. The molecule has 21 heteroatoms. The molecule has 4 rings (SSSR count). The summed E-state index contributed by atoms with van der Waals surface area (Å²) in [6, 6.07) is 7.26. The third-order valence-corrected chi connectivity index (χ3v) is 9.88. The van der Waals surface area contributed by atoms with Gasteiger partial charge in [-0.1, -0.05) is 86.5 Å². The number of carbonyl (C=O) groups excluding carboxylic acids is 1. The van der Waals surface area contributed by atoms with Gasteiger partial charge in [-0.2, -0.15) is 102 Å². The van der Waals surface area contributed by atoms with Gasteiger partial charge in [0.15, 0.2) is 5.75 Å². The summed E-state index contributed by atoms with van der Waals surface area (Å²) in [4.78, 5) is 11.5. The van der Waals surface area contributed by atoms with E-state index in [0.29, 0.717) is 5.75 Å². The quantitative estimate of drug-likeness (QED) is 0.0708. The van der Waals surface area contributed by atoms with Crippen LogP contribution in [-0.2, 0) is 48.0 Å². The van der Waals surface area contributed by atoms with Crippen molar-refractivity contribution in [2.24, 2.45) is 0 Å². The molecule has 0 aliphatic rings. The summed E-state index contributed by atoms with van der Waals surface area (Å²) in [5.74, 6) is 0.924. The van der Waals surface area contributed by atoms with Crippen molar-refractivity contribution in [3.63, 3.8) is 0 Å². The molecule has 0 aliphatic heterocycles. The van der Waals surface area contributed by atoms with Crippen LogP contribution in [0, 0.1) is 0 Å². The average Bonchev–Trinajstić information content (AvgIpc) is 3.10. The second-order valence-corrected chi connectivity index (χ2v) is 15.9. The normalized spacial score (nSPS) is 13.3. The molecule has 0 heterocycles. The van der Waals surface area contributed by atoms with Gasteiger partial charge >= 0.3 is 37.1 Å². The van der Waals surface area contributed by atoms with E-state index < -0.39 is 124 Å². The second-order valence-electron chi connectivity index (χ2n) is 13.6. The van der Waals surface area contributed by atoms with Gasteiger partial charge in [0.05, 0.1) is 52.0 Å². The molecule has 0 fully saturated rings. The van der Waals surface area contributed by atoms with Crippen LogP contribution in [0.1, 0.15) is 63.5 Å². The third-order valence-electron chi connectivity index (χ3n) is 9.04. The molecular formula is C38H31BF18OS. The molecule has 0 saturated carbocycles. The number of hydrogen-bond acceptors (Lipinski definition) is 1. The Morgan fingerprint density at radius 3 is 0.966 bits per heavy atom. The molecule has 0 bridgehead atoms. The van der Waals surface area contributed by atoms with Crippen LogP contribution >= 0.6 is 0 Å². The Bertz CT molecular complexity index is 1780. The molecule has 324 valence electrons. The van der Waals surface area contributed by atoms with E-state index >= 15 is 0 Å². The van der Waals surface area contributed by atoms with E-state index in [1.807, 2.05) is 30.3 Å². The highest BCUT2D eigenvalue weighted by Gasteiger charge is 2.44. The van der Waals surface area contributed by atoms with Crippen molar-refractivity contribution in [2.75, 3.05) is 18.3 Å². The fourth-order valence-electron chi connectivity index (χ4n) is 6.35. The maximum Gasteiger partial charge on any atom is 0.416 e. The van der Waals surface area contributed by atoms with E-state index in [2.05, 4.69) is 12.5 Å². The van der Waals surface area contributed by atoms with Gasteiger partial charge < -0.3 is 0 Å². The van der Waals surface area contributed by atoms with E-state index in [4.69, 9.17) is 0 Å². The number of halogens is 18. The summed E-state index contributed by atoms with van der Waals surface area (Å²) in [5, 5.41) is 0. The zero-order chi connectivity index (χ0) is 45.2. The first-order valence-electron chi connectivity index (χ1n) is 16.9. The van der Waals surface area contributed by atoms with E-state index in [9.17, 15) is 83.8 Å². The number of ketones is 1. The lowest BCUT2D eigenvalue weighted by Crippen LogP contribution is -2.67. The van der Waals surface area contributed by atoms with Crippen molar-refractivity contribution in [2.45, 2.75) is 63.1 Å². The Hall–Kier alpha value is -4.30. The van der Waals surface area contributed by atoms with Gasteiger partial charge in [-0.25, -0.2) is 0 Å². The van der Waals surface area contributed by atoms with Crippen LogP contribution in [0.15, 0.2) is 84.9 Å². The Morgan fingerprint density at radius 1 is 0.475 bits per heavy atom. The number of alkyl halides is 18. The number of carbonyl (C=O) groups is 1. The van der Waals surface area contributed by atoms with Gasteiger partial charge in [-0.05, 0) is 29.1 Å². The Morgan fingerprint density at radius 2 is 0.746 bits per heavy atom. The summed E-state index contributed by atoms with van der Waals surface area (Å²) in [6.45, 7) is 1.29. The van der Waals surface area contributed by atoms with Gasteiger partial charge in [0.25, 0.3) is 0 Å². The van der Waals surface area contributed by atoms with E-state index in [1.54, 1.807) is 0 Å². The minimum absolute atomic E-state index is 0.133. The topological polar surface area (TPSA) is 17.1 Å². The standard InChI is InChI=1S/C28H18BF18.C10H13OS/c1-2-3-4-29(20-8-14(23(30,31)32)5-15(9-20)24(33,34)35,21-10-16(25(36,37)38)6-17(11-21)26(39,40)41)22-12-18(27(42,43)44)7-19(13-22)28(45,46)47;1-12(2)8-10(11)9-6-4-3-5-7-9/h5-13H,2-4H2,1H3;3-7H,8H2,1-2H3/q-1;+1. The Balaban J connectivity index is 0.000000662. The molecule has 59 heavy (non-hydrogen) atoms. The molecule has 4 aromatic carbocycles. The van der Waals surface area contributed by atoms with Crippen LogP contribution in [0.2, 0.25) is 6.32 Å². The molecule has 0 spiro atoms. The average molecular weight is 889 g/mol. The van der Waals surface area contributed by atoms with Crippen LogP contribution in [-0.4, -0.2) is 30.2 Å². The van der Waals surface area contributed by atoms with E-state index in [-0.39, 0.29) is 59.5 Å². The number of benzene rings is 4. The van der Waals surface area contributed by atoms with Crippen molar-refractivity contribution in [1.82, 2.24) is 0 Å². The van der Waals surface area contributed by atoms with Gasteiger partial charge in [0.1, 0.15) is 0 Å². The van der Waals surface area contributed by atoms with Crippen molar-refractivity contribution >= 4 is 39.2 Å². The third kappa shape index (κ3) is 12.6. The maximum absolute atomic E-state index is 13.9. The van der Waals surface area contributed by atoms with Gasteiger partial charge in [-0.15, -0.1) is 0 Å². The number of rotatable bonds is 9. The van der Waals surface area contributed by atoms with Crippen LogP contribution in [0.3, 0.4) is 0 Å². The molecule has 0 aliphatic carbocycles. The van der Waals surface area contributed by atoms with E-state index in [1.165, 1.54) is 6.92 Å². The smallest absolute Gasteiger partial charge is 0.289 e.